The van der Waals surface area contributed by atoms with Crippen LogP contribution in [0.15, 0.2) is 12.1 Å². The summed E-state index contributed by atoms with van der Waals surface area (Å²) in [6.45, 7) is 0. The summed E-state index contributed by atoms with van der Waals surface area (Å²) < 4.78 is 23.9. The van der Waals surface area contributed by atoms with Crippen molar-refractivity contribution in [1.82, 2.24) is 0 Å². The number of ether oxygens (including phenoxy) is 2. The van der Waals surface area contributed by atoms with Crippen LogP contribution in [0.1, 0.15) is 18.4 Å². The summed E-state index contributed by atoms with van der Waals surface area (Å²) in [6, 6.07) is 2.37. The van der Waals surface area contributed by atoms with Crippen molar-refractivity contribution in [2.75, 3.05) is 7.11 Å². The minimum absolute atomic E-state index is 0.0990. The van der Waals surface area contributed by atoms with Crippen molar-refractivity contribution in [3.63, 3.8) is 0 Å². The molecule has 0 aliphatic heterocycles. The summed E-state index contributed by atoms with van der Waals surface area (Å²) in [4.78, 5) is 10.7. The van der Waals surface area contributed by atoms with Crippen molar-refractivity contribution in [3.05, 3.63) is 23.5 Å². The molecule has 4 nitrogen and oxygen atoms in total. The lowest BCUT2D eigenvalue weighted by Gasteiger charge is -2.14. The second kappa shape index (κ2) is 4.61. The van der Waals surface area contributed by atoms with Gasteiger partial charge in [0.25, 0.3) is 0 Å². The Bertz CT molecular complexity index is 440. The van der Waals surface area contributed by atoms with Crippen LogP contribution in [0, 0.1) is 5.82 Å². The van der Waals surface area contributed by atoms with E-state index in [9.17, 15) is 9.18 Å². The summed E-state index contributed by atoms with van der Waals surface area (Å²) >= 11 is 0. The Morgan fingerprint density at radius 1 is 1.53 bits per heavy atom. The molecular formula is C12H13FO4. The molecule has 0 radical (unpaired) electrons. The zero-order chi connectivity index (χ0) is 12.4. The van der Waals surface area contributed by atoms with Crippen LogP contribution in [0.25, 0.3) is 0 Å². The Kier molecular flexibility index (Phi) is 3.17. The Hall–Kier alpha value is -1.78. The minimum atomic E-state index is -1.03. The number of carbonyl (C=O) groups is 1. The summed E-state index contributed by atoms with van der Waals surface area (Å²) in [5.74, 6) is -0.966. The van der Waals surface area contributed by atoms with Crippen LogP contribution in [0.5, 0.6) is 11.5 Å². The topological polar surface area (TPSA) is 55.8 Å². The van der Waals surface area contributed by atoms with Gasteiger partial charge in [-0.05, 0) is 18.9 Å². The number of carboxylic acids is 1. The molecule has 0 spiro atoms. The Balaban J connectivity index is 2.36. The van der Waals surface area contributed by atoms with Crippen LogP contribution in [-0.4, -0.2) is 24.3 Å². The molecule has 1 aromatic carbocycles. The van der Waals surface area contributed by atoms with Crippen LogP contribution in [0.4, 0.5) is 4.39 Å². The third-order valence-electron chi connectivity index (χ3n) is 2.47. The largest absolute Gasteiger partial charge is 0.493 e. The fourth-order valence-corrected chi connectivity index (χ4v) is 1.55. The van der Waals surface area contributed by atoms with Gasteiger partial charge in [-0.15, -0.1) is 0 Å². The second-order valence-corrected chi connectivity index (χ2v) is 3.98. The molecule has 0 aromatic heterocycles. The monoisotopic (exact) mass is 240 g/mol. The first-order valence-corrected chi connectivity index (χ1v) is 5.35. The zero-order valence-corrected chi connectivity index (χ0v) is 9.40. The molecule has 1 N–H and O–H groups in total. The molecule has 1 aromatic rings. The van der Waals surface area contributed by atoms with Crippen molar-refractivity contribution in [2.45, 2.75) is 25.4 Å². The van der Waals surface area contributed by atoms with Gasteiger partial charge in [0.15, 0.2) is 11.5 Å². The molecule has 2 rings (SSSR count). The Morgan fingerprint density at radius 3 is 2.76 bits per heavy atom. The summed E-state index contributed by atoms with van der Waals surface area (Å²) in [6.07, 6.45) is 1.69. The van der Waals surface area contributed by atoms with Gasteiger partial charge in [0.2, 0.25) is 0 Å². The van der Waals surface area contributed by atoms with E-state index >= 15 is 0 Å². The van der Waals surface area contributed by atoms with E-state index in [1.807, 2.05) is 0 Å². The maximum Gasteiger partial charge on any atom is 0.307 e. The Morgan fingerprint density at radius 2 is 2.24 bits per heavy atom. The molecule has 5 heteroatoms. The highest BCUT2D eigenvalue weighted by atomic mass is 19.1. The highest BCUT2D eigenvalue weighted by Crippen LogP contribution is 2.37. The van der Waals surface area contributed by atoms with Gasteiger partial charge in [-0.1, -0.05) is 0 Å². The summed E-state index contributed by atoms with van der Waals surface area (Å²) in [5, 5.41) is 8.78. The number of hydrogen-bond acceptors (Lipinski definition) is 3. The van der Waals surface area contributed by atoms with Gasteiger partial charge in [0, 0.05) is 11.6 Å². The van der Waals surface area contributed by atoms with E-state index in [2.05, 4.69) is 0 Å². The van der Waals surface area contributed by atoms with Crippen molar-refractivity contribution >= 4 is 5.97 Å². The average Bonchev–Trinajstić information content (AvgIpc) is 3.04. The molecule has 0 bridgehead atoms. The number of rotatable bonds is 5. The zero-order valence-electron chi connectivity index (χ0n) is 9.40. The minimum Gasteiger partial charge on any atom is -0.493 e. The van der Waals surface area contributed by atoms with E-state index in [1.165, 1.54) is 19.2 Å². The van der Waals surface area contributed by atoms with Crippen LogP contribution >= 0.6 is 0 Å². The molecule has 17 heavy (non-hydrogen) atoms. The molecule has 0 atom stereocenters. The van der Waals surface area contributed by atoms with Gasteiger partial charge in [-0.25, -0.2) is 4.39 Å². The van der Waals surface area contributed by atoms with Crippen molar-refractivity contribution in [1.29, 1.82) is 0 Å². The van der Waals surface area contributed by atoms with Gasteiger partial charge < -0.3 is 14.6 Å². The predicted molar refractivity (Wildman–Crippen MR) is 57.9 cm³/mol. The first-order valence-electron chi connectivity index (χ1n) is 5.35. The lowest BCUT2D eigenvalue weighted by atomic mass is 10.1. The lowest BCUT2D eigenvalue weighted by Crippen LogP contribution is -2.07. The highest BCUT2D eigenvalue weighted by Gasteiger charge is 2.27. The van der Waals surface area contributed by atoms with E-state index in [-0.39, 0.29) is 18.3 Å². The normalized spacial score (nSPS) is 14.5. The third kappa shape index (κ3) is 2.87. The van der Waals surface area contributed by atoms with Crippen molar-refractivity contribution in [3.8, 4) is 11.5 Å². The van der Waals surface area contributed by atoms with E-state index < -0.39 is 11.8 Å². The number of aliphatic carboxylic acids is 1. The van der Waals surface area contributed by atoms with E-state index in [4.69, 9.17) is 14.6 Å². The molecule has 0 unspecified atom stereocenters. The van der Waals surface area contributed by atoms with Crippen molar-refractivity contribution in [2.24, 2.45) is 0 Å². The van der Waals surface area contributed by atoms with E-state index in [1.54, 1.807) is 0 Å². The SMILES string of the molecule is COc1cc(F)cc(CC(=O)O)c1OC1CC1. The lowest BCUT2D eigenvalue weighted by molar-refractivity contribution is -0.136. The smallest absolute Gasteiger partial charge is 0.307 e. The number of carboxylic acid groups (broad SMARTS) is 1. The first-order chi connectivity index (χ1) is 8.10. The van der Waals surface area contributed by atoms with Gasteiger partial charge >= 0.3 is 5.97 Å². The number of halogens is 1. The van der Waals surface area contributed by atoms with Crippen LogP contribution in [0.2, 0.25) is 0 Å². The molecule has 92 valence electrons. The maximum atomic E-state index is 13.3. The van der Waals surface area contributed by atoms with Gasteiger partial charge in [-0.2, -0.15) is 0 Å². The number of methoxy groups -OCH3 is 1. The second-order valence-electron chi connectivity index (χ2n) is 3.98. The van der Waals surface area contributed by atoms with Crippen molar-refractivity contribution < 1.29 is 23.8 Å². The third-order valence-corrected chi connectivity index (χ3v) is 2.47. The fraction of sp³-hybridized carbons (Fsp3) is 0.417. The molecular weight excluding hydrogens is 227 g/mol. The molecule has 1 aliphatic rings. The van der Waals surface area contributed by atoms with Crippen LogP contribution in [-0.2, 0) is 11.2 Å². The average molecular weight is 240 g/mol. The predicted octanol–water partition coefficient (Wildman–Crippen LogP) is 2.00. The Labute approximate surface area is 98.0 Å². The van der Waals surface area contributed by atoms with Gasteiger partial charge in [-0.3, -0.25) is 4.79 Å². The van der Waals surface area contributed by atoms with Crippen LogP contribution in [0.3, 0.4) is 0 Å². The summed E-state index contributed by atoms with van der Waals surface area (Å²) in [7, 11) is 1.40. The van der Waals surface area contributed by atoms with E-state index in [0.29, 0.717) is 11.3 Å². The first kappa shape index (κ1) is 11.7. The molecule has 1 aliphatic carbocycles. The number of benzene rings is 1. The van der Waals surface area contributed by atoms with Crippen LogP contribution < -0.4 is 9.47 Å². The molecule has 0 saturated heterocycles. The molecule has 1 fully saturated rings. The molecule has 0 heterocycles. The van der Waals surface area contributed by atoms with Gasteiger partial charge in [0.05, 0.1) is 19.6 Å². The number of hydrogen-bond donors (Lipinski definition) is 1. The van der Waals surface area contributed by atoms with E-state index in [0.717, 1.165) is 12.8 Å². The molecule has 1 saturated carbocycles. The quantitative estimate of drug-likeness (QED) is 0.855. The molecule has 0 amide bonds. The summed E-state index contributed by atoms with van der Waals surface area (Å²) in [5.41, 5.74) is 0.307. The van der Waals surface area contributed by atoms with Gasteiger partial charge in [0.1, 0.15) is 5.82 Å². The highest BCUT2D eigenvalue weighted by molar-refractivity contribution is 5.72. The standard InChI is InChI=1S/C12H13FO4/c1-16-10-6-8(13)4-7(5-11(14)15)12(10)17-9-2-3-9/h4,6,9H,2-3,5H2,1H3,(H,14,15). The maximum absolute atomic E-state index is 13.3. The fourth-order valence-electron chi connectivity index (χ4n) is 1.55.